The Hall–Kier alpha value is -3.11. The fourth-order valence-electron chi connectivity index (χ4n) is 7.59. The highest BCUT2D eigenvalue weighted by molar-refractivity contribution is 7.00. The molecule has 0 aliphatic heterocycles. The smallest absolute Gasteiger partial charge is 0.261 e. The van der Waals surface area contributed by atoms with E-state index in [1.165, 1.54) is 20.7 Å². The standard InChI is InChI=1S/C45H62O4Si2/c1-36(43(47)37(2)35-49-51(45(6,7)8,41-28-17-11-18-29-41)42-30-19-12-20-31-42)32-33-38(46)23-21-22-34-48-50(44(3,4)5,39-24-13-9-14-25-39)40-26-15-10-16-27-40/h9-20,24-33,36-38,43,46-47H,21-23,34-35H2,1-8H3/b33-32-/t36-,37+,38?,43+/m1/s1. The maximum absolute atomic E-state index is 11.4. The SMILES string of the molecule is C[C@H](/C=C\C(O)CCCCO[Si](c1ccccc1)(c1ccccc1)C(C)(C)C)[C@H](O)[C@@H](C)CO[Si](c1ccccc1)(c1ccccc1)C(C)(C)C. The summed E-state index contributed by atoms with van der Waals surface area (Å²) in [6, 6.07) is 42.7. The van der Waals surface area contributed by atoms with Gasteiger partial charge < -0.3 is 19.1 Å². The van der Waals surface area contributed by atoms with Crippen LogP contribution in [0.2, 0.25) is 10.1 Å². The molecule has 4 nitrogen and oxygen atoms in total. The summed E-state index contributed by atoms with van der Waals surface area (Å²) in [5.41, 5.74) is 0. The normalized spacial score (nSPS) is 15.4. The van der Waals surface area contributed by atoms with Gasteiger partial charge in [-0.15, -0.1) is 0 Å². The maximum Gasteiger partial charge on any atom is 0.261 e. The van der Waals surface area contributed by atoms with Crippen LogP contribution in [0.25, 0.3) is 0 Å². The molecule has 51 heavy (non-hydrogen) atoms. The lowest BCUT2D eigenvalue weighted by atomic mass is 9.93. The monoisotopic (exact) mass is 722 g/mol. The molecule has 2 N–H and O–H groups in total. The van der Waals surface area contributed by atoms with Crippen LogP contribution in [0, 0.1) is 11.8 Å². The van der Waals surface area contributed by atoms with Crippen LogP contribution in [0.4, 0.5) is 0 Å². The number of benzene rings is 4. The van der Waals surface area contributed by atoms with Crippen molar-refractivity contribution in [2.75, 3.05) is 13.2 Å². The molecule has 0 spiro atoms. The van der Waals surface area contributed by atoms with Gasteiger partial charge >= 0.3 is 0 Å². The van der Waals surface area contributed by atoms with E-state index in [4.69, 9.17) is 8.85 Å². The first-order valence-corrected chi connectivity index (χ1v) is 22.6. The minimum atomic E-state index is -2.69. The predicted molar refractivity (Wildman–Crippen MR) is 220 cm³/mol. The third-order valence-electron chi connectivity index (χ3n) is 10.4. The summed E-state index contributed by atoms with van der Waals surface area (Å²) in [7, 11) is -5.25. The van der Waals surface area contributed by atoms with E-state index >= 15 is 0 Å². The molecule has 274 valence electrons. The van der Waals surface area contributed by atoms with Gasteiger partial charge in [0.2, 0.25) is 0 Å². The van der Waals surface area contributed by atoms with Gasteiger partial charge in [0, 0.05) is 25.0 Å². The van der Waals surface area contributed by atoms with E-state index in [-0.39, 0.29) is 21.9 Å². The van der Waals surface area contributed by atoms with Crippen LogP contribution in [0.3, 0.4) is 0 Å². The molecule has 4 atom stereocenters. The molecule has 6 heteroatoms. The summed E-state index contributed by atoms with van der Waals surface area (Å²) >= 11 is 0. The number of aliphatic hydroxyl groups is 2. The summed E-state index contributed by atoms with van der Waals surface area (Å²) in [6.07, 6.45) is 5.01. The average molecular weight is 723 g/mol. The Labute approximate surface area is 310 Å². The van der Waals surface area contributed by atoms with E-state index in [1.807, 2.05) is 19.1 Å². The van der Waals surface area contributed by atoms with Crippen molar-refractivity contribution in [2.45, 2.75) is 96.9 Å². The zero-order valence-electron chi connectivity index (χ0n) is 32.3. The van der Waals surface area contributed by atoms with E-state index in [9.17, 15) is 10.2 Å². The van der Waals surface area contributed by atoms with E-state index < -0.39 is 28.8 Å². The molecule has 0 aliphatic carbocycles. The largest absolute Gasteiger partial charge is 0.407 e. The molecule has 4 aromatic rings. The summed E-state index contributed by atoms with van der Waals surface area (Å²) in [5.74, 6) is -0.224. The molecule has 0 bridgehead atoms. The van der Waals surface area contributed by atoms with E-state index in [0.29, 0.717) is 19.6 Å². The minimum absolute atomic E-state index is 0.0589. The molecule has 0 radical (unpaired) electrons. The van der Waals surface area contributed by atoms with E-state index in [1.54, 1.807) is 0 Å². The molecule has 0 amide bonds. The van der Waals surface area contributed by atoms with Crippen LogP contribution >= 0.6 is 0 Å². The first-order valence-electron chi connectivity index (χ1n) is 18.8. The van der Waals surface area contributed by atoms with Gasteiger partial charge in [0.15, 0.2) is 0 Å². The number of hydrogen-bond donors (Lipinski definition) is 2. The van der Waals surface area contributed by atoms with Crippen molar-refractivity contribution >= 4 is 37.4 Å². The van der Waals surface area contributed by atoms with Crippen LogP contribution in [-0.2, 0) is 8.85 Å². The van der Waals surface area contributed by atoms with Crippen molar-refractivity contribution in [1.29, 1.82) is 0 Å². The van der Waals surface area contributed by atoms with Gasteiger partial charge in [0.25, 0.3) is 16.6 Å². The lowest BCUT2D eigenvalue weighted by Gasteiger charge is -2.44. The van der Waals surface area contributed by atoms with Gasteiger partial charge in [-0.1, -0.05) is 189 Å². The van der Waals surface area contributed by atoms with Gasteiger partial charge in [-0.25, -0.2) is 0 Å². The third kappa shape index (κ3) is 9.66. The fourth-order valence-corrected chi connectivity index (χ4v) is 16.9. The summed E-state index contributed by atoms with van der Waals surface area (Å²) in [5, 5.41) is 27.2. The second-order valence-electron chi connectivity index (χ2n) is 16.3. The number of rotatable bonds is 17. The van der Waals surface area contributed by atoms with Crippen LogP contribution in [0.5, 0.6) is 0 Å². The van der Waals surface area contributed by atoms with Crippen LogP contribution in [0.15, 0.2) is 133 Å². The van der Waals surface area contributed by atoms with Crippen LogP contribution < -0.4 is 20.7 Å². The van der Waals surface area contributed by atoms with E-state index in [2.05, 4.69) is 170 Å². The van der Waals surface area contributed by atoms with Crippen LogP contribution in [-0.4, -0.2) is 52.3 Å². The van der Waals surface area contributed by atoms with Gasteiger partial charge in [-0.05, 0) is 50.1 Å². The Morgan fingerprint density at radius 2 is 0.922 bits per heavy atom. The number of hydrogen-bond acceptors (Lipinski definition) is 4. The highest BCUT2D eigenvalue weighted by atomic mass is 28.4. The first kappa shape index (κ1) is 40.7. The molecule has 0 aromatic heterocycles. The molecule has 0 aliphatic rings. The molecule has 0 saturated heterocycles. The van der Waals surface area contributed by atoms with Crippen molar-refractivity contribution in [3.05, 3.63) is 133 Å². The van der Waals surface area contributed by atoms with Gasteiger partial charge in [0.1, 0.15) is 0 Å². The molecule has 4 rings (SSSR count). The van der Waals surface area contributed by atoms with Crippen LogP contribution in [0.1, 0.15) is 74.7 Å². The lowest BCUT2D eigenvalue weighted by Crippen LogP contribution is -2.67. The average Bonchev–Trinajstić information content (AvgIpc) is 3.12. The maximum atomic E-state index is 11.4. The van der Waals surface area contributed by atoms with Crippen molar-refractivity contribution in [2.24, 2.45) is 11.8 Å². The Morgan fingerprint density at radius 1 is 0.549 bits per heavy atom. The highest BCUT2D eigenvalue weighted by Gasteiger charge is 2.51. The summed E-state index contributed by atoms with van der Waals surface area (Å²) < 4.78 is 14.1. The zero-order valence-corrected chi connectivity index (χ0v) is 34.3. The Bertz CT molecular complexity index is 1520. The zero-order chi connectivity index (χ0) is 37.1. The summed E-state index contributed by atoms with van der Waals surface area (Å²) in [6.45, 7) is 18.9. The Balaban J connectivity index is 1.34. The molecule has 4 aromatic carbocycles. The molecular formula is C45H62O4Si2. The third-order valence-corrected chi connectivity index (χ3v) is 20.4. The van der Waals surface area contributed by atoms with Gasteiger partial charge in [-0.3, -0.25) is 0 Å². The Morgan fingerprint density at radius 3 is 1.29 bits per heavy atom. The minimum Gasteiger partial charge on any atom is -0.407 e. The topological polar surface area (TPSA) is 58.9 Å². The molecule has 0 heterocycles. The van der Waals surface area contributed by atoms with Crippen molar-refractivity contribution in [3.8, 4) is 0 Å². The first-order chi connectivity index (χ1) is 24.2. The van der Waals surface area contributed by atoms with E-state index in [0.717, 1.165) is 12.8 Å². The highest BCUT2D eigenvalue weighted by Crippen LogP contribution is 2.38. The second kappa shape index (κ2) is 18.1. The van der Waals surface area contributed by atoms with Gasteiger partial charge in [0.05, 0.1) is 12.2 Å². The Kier molecular flexibility index (Phi) is 14.4. The quantitative estimate of drug-likeness (QED) is 0.0663. The van der Waals surface area contributed by atoms with Crippen molar-refractivity contribution in [1.82, 2.24) is 0 Å². The summed E-state index contributed by atoms with van der Waals surface area (Å²) in [4.78, 5) is 0. The molecule has 0 fully saturated rings. The van der Waals surface area contributed by atoms with Gasteiger partial charge in [-0.2, -0.15) is 0 Å². The number of aliphatic hydroxyl groups excluding tert-OH is 2. The predicted octanol–water partition coefficient (Wildman–Crippen LogP) is 7.86. The second-order valence-corrected chi connectivity index (χ2v) is 24.9. The molecule has 0 saturated carbocycles. The van der Waals surface area contributed by atoms with Crippen molar-refractivity contribution in [3.63, 3.8) is 0 Å². The molecular weight excluding hydrogens is 661 g/mol. The lowest BCUT2D eigenvalue weighted by molar-refractivity contribution is 0.0545. The van der Waals surface area contributed by atoms with Crippen molar-refractivity contribution < 1.29 is 19.1 Å². The number of unbranched alkanes of at least 4 members (excludes halogenated alkanes) is 1. The fraction of sp³-hybridized carbons (Fsp3) is 0.422. The molecule has 1 unspecified atom stereocenters.